The standard InChI is InChI=1S/C18H19N3O3/c1-23-15-6-5-13(12-16(15)24-2)7-8-20-18(22)14-4-3-10-21-11-9-19-17(14)21/h3-6,9-12H,7-8H2,1-2H3,(H,20,22). The maximum Gasteiger partial charge on any atom is 0.255 e. The van der Waals surface area contributed by atoms with Crippen molar-refractivity contribution in [3.8, 4) is 11.5 Å². The van der Waals surface area contributed by atoms with Crippen LogP contribution in [0.4, 0.5) is 0 Å². The molecular weight excluding hydrogens is 306 g/mol. The van der Waals surface area contributed by atoms with E-state index in [0.29, 0.717) is 35.7 Å². The second kappa shape index (κ2) is 7.04. The Morgan fingerprint density at radius 3 is 2.79 bits per heavy atom. The number of hydrogen-bond acceptors (Lipinski definition) is 4. The van der Waals surface area contributed by atoms with Crippen molar-refractivity contribution in [3.63, 3.8) is 0 Å². The van der Waals surface area contributed by atoms with Gasteiger partial charge in [-0.15, -0.1) is 0 Å². The number of hydrogen-bond donors (Lipinski definition) is 1. The van der Waals surface area contributed by atoms with Gasteiger partial charge in [0, 0.05) is 25.1 Å². The van der Waals surface area contributed by atoms with Crippen molar-refractivity contribution >= 4 is 11.6 Å². The molecule has 6 nitrogen and oxygen atoms in total. The Morgan fingerprint density at radius 1 is 1.17 bits per heavy atom. The number of ether oxygens (including phenoxy) is 2. The molecule has 2 heterocycles. The molecule has 0 fully saturated rings. The number of fused-ring (bicyclic) bond motifs is 1. The van der Waals surface area contributed by atoms with E-state index in [1.54, 1.807) is 26.5 Å². The van der Waals surface area contributed by atoms with Gasteiger partial charge in [-0.1, -0.05) is 6.07 Å². The van der Waals surface area contributed by atoms with Crippen molar-refractivity contribution in [3.05, 3.63) is 60.0 Å². The van der Waals surface area contributed by atoms with E-state index in [0.717, 1.165) is 5.56 Å². The molecule has 0 radical (unpaired) electrons. The minimum absolute atomic E-state index is 0.132. The van der Waals surface area contributed by atoms with E-state index in [1.807, 2.05) is 41.1 Å². The number of nitrogens with zero attached hydrogens (tertiary/aromatic N) is 2. The number of carbonyl (C=O) groups is 1. The maximum absolute atomic E-state index is 12.4. The lowest BCUT2D eigenvalue weighted by molar-refractivity contribution is 0.0955. The van der Waals surface area contributed by atoms with E-state index in [4.69, 9.17) is 9.47 Å². The molecule has 6 heteroatoms. The van der Waals surface area contributed by atoms with Crippen LogP contribution in [0.2, 0.25) is 0 Å². The zero-order valence-corrected chi connectivity index (χ0v) is 13.7. The van der Waals surface area contributed by atoms with Crippen molar-refractivity contribution in [2.45, 2.75) is 6.42 Å². The monoisotopic (exact) mass is 325 g/mol. The lowest BCUT2D eigenvalue weighted by Crippen LogP contribution is -2.26. The van der Waals surface area contributed by atoms with E-state index < -0.39 is 0 Å². The van der Waals surface area contributed by atoms with E-state index in [9.17, 15) is 4.79 Å². The molecule has 2 aromatic heterocycles. The molecule has 0 aliphatic rings. The summed E-state index contributed by atoms with van der Waals surface area (Å²) in [6.07, 6.45) is 6.05. The Labute approximate surface area is 140 Å². The predicted molar refractivity (Wildman–Crippen MR) is 90.8 cm³/mol. The summed E-state index contributed by atoms with van der Waals surface area (Å²) >= 11 is 0. The summed E-state index contributed by atoms with van der Waals surface area (Å²) < 4.78 is 12.3. The van der Waals surface area contributed by atoms with Crippen molar-refractivity contribution in [2.24, 2.45) is 0 Å². The molecule has 3 rings (SSSR count). The van der Waals surface area contributed by atoms with Gasteiger partial charge in [0.1, 0.15) is 5.65 Å². The molecule has 1 N–H and O–H groups in total. The first-order valence-corrected chi connectivity index (χ1v) is 7.63. The summed E-state index contributed by atoms with van der Waals surface area (Å²) in [4.78, 5) is 16.6. The zero-order chi connectivity index (χ0) is 16.9. The van der Waals surface area contributed by atoms with Gasteiger partial charge in [-0.2, -0.15) is 0 Å². The minimum atomic E-state index is -0.132. The molecule has 1 aromatic carbocycles. The highest BCUT2D eigenvalue weighted by atomic mass is 16.5. The first-order chi connectivity index (χ1) is 11.7. The van der Waals surface area contributed by atoms with Crippen LogP contribution in [0.15, 0.2) is 48.9 Å². The summed E-state index contributed by atoms with van der Waals surface area (Å²) in [5, 5.41) is 2.93. The fourth-order valence-corrected chi connectivity index (χ4v) is 2.58. The number of benzene rings is 1. The molecule has 1 amide bonds. The van der Waals surface area contributed by atoms with Crippen LogP contribution in [0.1, 0.15) is 15.9 Å². The maximum atomic E-state index is 12.4. The van der Waals surface area contributed by atoms with Crippen molar-refractivity contribution in [1.82, 2.24) is 14.7 Å². The lowest BCUT2D eigenvalue weighted by atomic mass is 10.1. The van der Waals surface area contributed by atoms with Crippen LogP contribution in [-0.2, 0) is 6.42 Å². The summed E-state index contributed by atoms with van der Waals surface area (Å²) in [6.45, 7) is 0.524. The Hall–Kier alpha value is -3.02. The smallest absolute Gasteiger partial charge is 0.255 e. The van der Waals surface area contributed by atoms with E-state index in [1.165, 1.54) is 0 Å². The third kappa shape index (κ3) is 3.17. The van der Waals surface area contributed by atoms with Crippen molar-refractivity contribution < 1.29 is 14.3 Å². The van der Waals surface area contributed by atoms with Gasteiger partial charge in [0.2, 0.25) is 0 Å². The van der Waals surface area contributed by atoms with Crippen LogP contribution in [0.3, 0.4) is 0 Å². The van der Waals surface area contributed by atoms with E-state index >= 15 is 0 Å². The quantitative estimate of drug-likeness (QED) is 0.755. The van der Waals surface area contributed by atoms with E-state index in [2.05, 4.69) is 10.3 Å². The van der Waals surface area contributed by atoms with E-state index in [-0.39, 0.29) is 5.91 Å². The number of imidazole rings is 1. The minimum Gasteiger partial charge on any atom is -0.493 e. The fraction of sp³-hybridized carbons (Fsp3) is 0.222. The third-order valence-corrected chi connectivity index (χ3v) is 3.81. The Morgan fingerprint density at radius 2 is 2.00 bits per heavy atom. The van der Waals surface area contributed by atoms with Gasteiger partial charge in [-0.25, -0.2) is 4.98 Å². The molecule has 0 saturated heterocycles. The van der Waals surface area contributed by atoms with Gasteiger partial charge in [0.15, 0.2) is 11.5 Å². The molecular formula is C18H19N3O3. The molecule has 3 aromatic rings. The highest BCUT2D eigenvalue weighted by Crippen LogP contribution is 2.27. The molecule has 0 unspecified atom stereocenters. The Kier molecular flexibility index (Phi) is 4.65. The van der Waals surface area contributed by atoms with Crippen LogP contribution in [0, 0.1) is 0 Å². The first-order valence-electron chi connectivity index (χ1n) is 7.63. The fourth-order valence-electron chi connectivity index (χ4n) is 2.58. The highest BCUT2D eigenvalue weighted by molar-refractivity contribution is 5.99. The summed E-state index contributed by atoms with van der Waals surface area (Å²) in [7, 11) is 3.21. The summed E-state index contributed by atoms with van der Waals surface area (Å²) in [5.41, 5.74) is 2.28. The van der Waals surface area contributed by atoms with Crippen molar-refractivity contribution in [1.29, 1.82) is 0 Å². The lowest BCUT2D eigenvalue weighted by Gasteiger charge is -2.10. The largest absolute Gasteiger partial charge is 0.493 e. The Bertz CT molecular complexity index is 858. The average Bonchev–Trinajstić information content (AvgIpc) is 3.10. The van der Waals surface area contributed by atoms with Crippen LogP contribution in [0.5, 0.6) is 11.5 Å². The number of methoxy groups -OCH3 is 2. The molecule has 0 bridgehead atoms. The second-order valence-electron chi connectivity index (χ2n) is 5.28. The molecule has 0 aliphatic heterocycles. The topological polar surface area (TPSA) is 64.9 Å². The van der Waals surface area contributed by atoms with Gasteiger partial charge < -0.3 is 19.2 Å². The van der Waals surface area contributed by atoms with Gasteiger partial charge in [-0.3, -0.25) is 4.79 Å². The highest BCUT2D eigenvalue weighted by Gasteiger charge is 2.11. The van der Waals surface area contributed by atoms with Crippen LogP contribution in [0.25, 0.3) is 5.65 Å². The van der Waals surface area contributed by atoms with Gasteiger partial charge in [0.05, 0.1) is 19.8 Å². The number of carbonyl (C=O) groups excluding carboxylic acids is 1. The van der Waals surface area contributed by atoms with Gasteiger partial charge >= 0.3 is 0 Å². The Balaban J connectivity index is 1.64. The number of pyridine rings is 1. The van der Waals surface area contributed by atoms with Crippen molar-refractivity contribution in [2.75, 3.05) is 20.8 Å². The molecule has 0 aliphatic carbocycles. The molecule has 24 heavy (non-hydrogen) atoms. The number of nitrogens with one attached hydrogen (secondary N) is 1. The molecule has 0 spiro atoms. The van der Waals surface area contributed by atoms with Gasteiger partial charge in [0.25, 0.3) is 5.91 Å². The molecule has 0 atom stereocenters. The summed E-state index contributed by atoms with van der Waals surface area (Å²) in [6, 6.07) is 9.34. The summed E-state index contributed by atoms with van der Waals surface area (Å²) in [5.74, 6) is 1.24. The zero-order valence-electron chi connectivity index (χ0n) is 13.7. The molecule has 124 valence electrons. The normalized spacial score (nSPS) is 10.6. The number of rotatable bonds is 6. The van der Waals surface area contributed by atoms with Crippen LogP contribution < -0.4 is 14.8 Å². The molecule has 0 saturated carbocycles. The predicted octanol–water partition coefficient (Wildman–Crippen LogP) is 2.32. The average molecular weight is 325 g/mol. The van der Waals surface area contributed by atoms with Gasteiger partial charge in [-0.05, 0) is 36.2 Å². The SMILES string of the molecule is COc1ccc(CCNC(=O)c2cccn3ccnc23)cc1OC. The first kappa shape index (κ1) is 15.9. The van der Waals surface area contributed by atoms with Crippen LogP contribution >= 0.6 is 0 Å². The number of aromatic nitrogens is 2. The number of amides is 1. The third-order valence-electron chi connectivity index (χ3n) is 3.81. The van der Waals surface area contributed by atoms with Crippen LogP contribution in [-0.4, -0.2) is 36.1 Å². The second-order valence-corrected chi connectivity index (χ2v) is 5.28.